The predicted octanol–water partition coefficient (Wildman–Crippen LogP) is 0.305. The minimum Gasteiger partial charge on any atom is -0.369 e. The summed E-state index contributed by atoms with van der Waals surface area (Å²) in [5.41, 5.74) is 0.192. The Bertz CT molecular complexity index is 484. The number of carbonyl (C=O) groups is 2. The number of hydrogen-bond donors (Lipinski definition) is 3. The molecule has 2 rings (SSSR count). The van der Waals surface area contributed by atoms with Crippen LogP contribution in [0.4, 0.5) is 5.82 Å². The smallest absolute Gasteiger partial charge is 0.272 e. The molecule has 1 aromatic heterocycles. The van der Waals surface area contributed by atoms with E-state index in [4.69, 9.17) is 0 Å². The minimum absolute atomic E-state index is 0.168. The number of amides is 2. The van der Waals surface area contributed by atoms with E-state index in [9.17, 15) is 9.59 Å². The van der Waals surface area contributed by atoms with Crippen molar-refractivity contribution in [3.63, 3.8) is 0 Å². The first-order valence-corrected chi connectivity index (χ1v) is 6.77. The summed E-state index contributed by atoms with van der Waals surface area (Å²) in [5.74, 6) is 0.0423. The van der Waals surface area contributed by atoms with Crippen molar-refractivity contribution in [2.24, 2.45) is 0 Å². The monoisotopic (exact) mass is 277 g/mol. The quantitative estimate of drug-likeness (QED) is 0.695. The molecule has 1 atom stereocenters. The van der Waals surface area contributed by atoms with Crippen LogP contribution in [0, 0.1) is 0 Å². The second-order valence-electron chi connectivity index (χ2n) is 4.80. The van der Waals surface area contributed by atoms with E-state index < -0.39 is 11.9 Å². The molecule has 1 aromatic rings. The SMILES string of the molecule is CCNc1cnc(C(=O)NC(C)C(=O)NC2CC2)cn1. The molecule has 1 unspecified atom stereocenters. The highest BCUT2D eigenvalue weighted by atomic mass is 16.2. The molecule has 0 aromatic carbocycles. The lowest BCUT2D eigenvalue weighted by Gasteiger charge is -2.13. The summed E-state index contributed by atoms with van der Waals surface area (Å²) in [4.78, 5) is 31.7. The fraction of sp³-hybridized carbons (Fsp3) is 0.538. The molecule has 1 heterocycles. The lowest BCUT2D eigenvalue weighted by Crippen LogP contribution is -2.45. The predicted molar refractivity (Wildman–Crippen MR) is 74.3 cm³/mol. The minimum atomic E-state index is -0.585. The van der Waals surface area contributed by atoms with Gasteiger partial charge in [-0.2, -0.15) is 0 Å². The van der Waals surface area contributed by atoms with E-state index in [0.717, 1.165) is 19.4 Å². The Morgan fingerprint density at radius 1 is 1.35 bits per heavy atom. The fourth-order valence-electron chi connectivity index (χ4n) is 1.61. The summed E-state index contributed by atoms with van der Waals surface area (Å²) in [7, 11) is 0. The molecule has 0 spiro atoms. The van der Waals surface area contributed by atoms with E-state index in [2.05, 4.69) is 25.9 Å². The number of aromatic nitrogens is 2. The summed E-state index contributed by atoms with van der Waals surface area (Å²) >= 11 is 0. The highest BCUT2D eigenvalue weighted by molar-refractivity contribution is 5.95. The van der Waals surface area contributed by atoms with Gasteiger partial charge in [0.05, 0.1) is 12.4 Å². The lowest BCUT2D eigenvalue weighted by atomic mass is 10.3. The summed E-state index contributed by atoms with van der Waals surface area (Å²) in [6, 6.07) is -0.306. The molecule has 7 heteroatoms. The van der Waals surface area contributed by atoms with Crippen LogP contribution < -0.4 is 16.0 Å². The summed E-state index contributed by atoms with van der Waals surface area (Å²) in [6.07, 6.45) is 4.92. The average molecular weight is 277 g/mol. The molecular formula is C13H19N5O2. The molecule has 0 radical (unpaired) electrons. The van der Waals surface area contributed by atoms with Crippen molar-refractivity contribution in [2.45, 2.75) is 38.8 Å². The number of nitrogens with one attached hydrogen (secondary N) is 3. The van der Waals surface area contributed by atoms with Gasteiger partial charge < -0.3 is 16.0 Å². The van der Waals surface area contributed by atoms with Crippen LogP contribution in [0.2, 0.25) is 0 Å². The Labute approximate surface area is 117 Å². The first kappa shape index (κ1) is 14.2. The van der Waals surface area contributed by atoms with E-state index in [-0.39, 0.29) is 17.6 Å². The molecule has 20 heavy (non-hydrogen) atoms. The van der Waals surface area contributed by atoms with Gasteiger partial charge in [-0.05, 0) is 26.7 Å². The van der Waals surface area contributed by atoms with Crippen LogP contribution in [0.25, 0.3) is 0 Å². The largest absolute Gasteiger partial charge is 0.369 e. The molecule has 1 aliphatic carbocycles. The molecule has 1 saturated carbocycles. The molecule has 0 aliphatic heterocycles. The van der Waals surface area contributed by atoms with Crippen molar-refractivity contribution in [1.29, 1.82) is 0 Å². The number of carbonyl (C=O) groups excluding carboxylic acids is 2. The summed E-state index contributed by atoms with van der Waals surface area (Å²) in [5, 5.41) is 8.44. The molecule has 108 valence electrons. The van der Waals surface area contributed by atoms with Gasteiger partial charge >= 0.3 is 0 Å². The number of anilines is 1. The maximum Gasteiger partial charge on any atom is 0.272 e. The summed E-state index contributed by atoms with van der Waals surface area (Å²) < 4.78 is 0. The maximum absolute atomic E-state index is 11.9. The third-order valence-corrected chi connectivity index (χ3v) is 2.91. The number of rotatable bonds is 6. The van der Waals surface area contributed by atoms with Crippen LogP contribution in [-0.2, 0) is 4.79 Å². The van der Waals surface area contributed by atoms with Crippen LogP contribution >= 0.6 is 0 Å². The highest BCUT2D eigenvalue weighted by Gasteiger charge is 2.26. The van der Waals surface area contributed by atoms with Crippen LogP contribution in [0.15, 0.2) is 12.4 Å². The third kappa shape index (κ3) is 3.91. The molecule has 0 bridgehead atoms. The molecule has 3 N–H and O–H groups in total. The fourth-order valence-corrected chi connectivity index (χ4v) is 1.61. The van der Waals surface area contributed by atoms with Crippen molar-refractivity contribution in [1.82, 2.24) is 20.6 Å². The molecule has 7 nitrogen and oxygen atoms in total. The normalized spacial score (nSPS) is 15.3. The van der Waals surface area contributed by atoms with Crippen molar-refractivity contribution < 1.29 is 9.59 Å². The van der Waals surface area contributed by atoms with Gasteiger partial charge in [0.25, 0.3) is 5.91 Å². The van der Waals surface area contributed by atoms with Gasteiger partial charge in [0.15, 0.2) is 0 Å². The Kier molecular flexibility index (Phi) is 4.49. The van der Waals surface area contributed by atoms with Crippen molar-refractivity contribution in [3.8, 4) is 0 Å². The van der Waals surface area contributed by atoms with Gasteiger partial charge in [0.2, 0.25) is 5.91 Å². The first-order chi connectivity index (χ1) is 9.60. The van der Waals surface area contributed by atoms with E-state index in [1.165, 1.54) is 12.4 Å². The van der Waals surface area contributed by atoms with Gasteiger partial charge in [-0.3, -0.25) is 9.59 Å². The second kappa shape index (κ2) is 6.31. The van der Waals surface area contributed by atoms with E-state index in [1.54, 1.807) is 6.92 Å². The molecule has 1 aliphatic rings. The van der Waals surface area contributed by atoms with E-state index in [0.29, 0.717) is 5.82 Å². The number of hydrogen-bond acceptors (Lipinski definition) is 5. The zero-order chi connectivity index (χ0) is 14.5. The van der Waals surface area contributed by atoms with Crippen LogP contribution in [-0.4, -0.2) is 40.4 Å². The summed E-state index contributed by atoms with van der Waals surface area (Å²) in [6.45, 7) is 4.33. The first-order valence-electron chi connectivity index (χ1n) is 6.77. The number of nitrogens with zero attached hydrogens (tertiary/aromatic N) is 2. The Morgan fingerprint density at radius 3 is 2.65 bits per heavy atom. The van der Waals surface area contributed by atoms with Crippen molar-refractivity contribution in [2.75, 3.05) is 11.9 Å². The van der Waals surface area contributed by atoms with Gasteiger partial charge in [0, 0.05) is 12.6 Å². The second-order valence-corrected chi connectivity index (χ2v) is 4.80. The van der Waals surface area contributed by atoms with Crippen molar-refractivity contribution in [3.05, 3.63) is 18.1 Å². The zero-order valence-electron chi connectivity index (χ0n) is 11.6. The third-order valence-electron chi connectivity index (χ3n) is 2.91. The molecular weight excluding hydrogens is 258 g/mol. The maximum atomic E-state index is 11.9. The molecule has 1 fully saturated rings. The lowest BCUT2D eigenvalue weighted by molar-refractivity contribution is -0.122. The zero-order valence-corrected chi connectivity index (χ0v) is 11.6. The highest BCUT2D eigenvalue weighted by Crippen LogP contribution is 2.18. The van der Waals surface area contributed by atoms with Gasteiger partial charge in [-0.15, -0.1) is 0 Å². The van der Waals surface area contributed by atoms with Crippen LogP contribution in [0.3, 0.4) is 0 Å². The topological polar surface area (TPSA) is 96.0 Å². The Hall–Kier alpha value is -2.18. The van der Waals surface area contributed by atoms with Crippen molar-refractivity contribution >= 4 is 17.6 Å². The van der Waals surface area contributed by atoms with E-state index in [1.807, 2.05) is 6.92 Å². The van der Waals surface area contributed by atoms with Crippen LogP contribution in [0.1, 0.15) is 37.2 Å². The van der Waals surface area contributed by atoms with Gasteiger partial charge in [0.1, 0.15) is 17.6 Å². The van der Waals surface area contributed by atoms with Gasteiger partial charge in [-0.1, -0.05) is 0 Å². The Morgan fingerprint density at radius 2 is 2.10 bits per heavy atom. The van der Waals surface area contributed by atoms with Gasteiger partial charge in [-0.25, -0.2) is 9.97 Å². The van der Waals surface area contributed by atoms with Crippen LogP contribution in [0.5, 0.6) is 0 Å². The van der Waals surface area contributed by atoms with E-state index >= 15 is 0 Å². The average Bonchev–Trinajstić information content (AvgIpc) is 3.23. The molecule has 0 saturated heterocycles. The molecule has 2 amide bonds. The standard InChI is InChI=1S/C13H19N5O2/c1-3-14-11-7-15-10(6-16-11)13(20)17-8(2)12(19)18-9-4-5-9/h6-9H,3-5H2,1-2H3,(H,14,16)(H,17,20)(H,18,19). The Balaban J connectivity index is 1.87.